The molecular weight excluding hydrogens is 464 g/mol. The van der Waals surface area contributed by atoms with Gasteiger partial charge < -0.3 is 9.30 Å². The Bertz CT molecular complexity index is 1300. The molecule has 0 aliphatic carbocycles. The molecule has 13 heteroatoms. The third-order valence-corrected chi connectivity index (χ3v) is 9.03. The van der Waals surface area contributed by atoms with Crippen molar-refractivity contribution >= 4 is 48.4 Å². The number of carbonyl (C=O) groups excluding carboxylic acids is 1. The number of imidazole rings is 1. The van der Waals surface area contributed by atoms with E-state index in [0.717, 1.165) is 15.6 Å². The molecule has 0 saturated carbocycles. The predicted octanol–water partition coefficient (Wildman–Crippen LogP) is 1.39. The summed E-state index contributed by atoms with van der Waals surface area (Å²) in [6, 6.07) is 7.66. The third kappa shape index (κ3) is 4.96. The molecule has 1 N–H and O–H groups in total. The van der Waals surface area contributed by atoms with Gasteiger partial charge in [0.05, 0.1) is 15.9 Å². The molecule has 2 aromatic heterocycles. The van der Waals surface area contributed by atoms with E-state index in [-0.39, 0.29) is 15.7 Å². The zero-order valence-electron chi connectivity index (χ0n) is 17.1. The summed E-state index contributed by atoms with van der Waals surface area (Å²) in [5.74, 6) is -0.336. The standard InChI is InChI=1S/C18H22N4O6S3/c1-4-22-15-8-7-13(31(26,27)21(2)3)10-14(15)20-16(22)12-28-17(23)11-19-30(24,25)18-6-5-9-29-18/h5-10,19H,4,11-12H2,1-3H3. The van der Waals surface area contributed by atoms with E-state index < -0.39 is 32.6 Å². The van der Waals surface area contributed by atoms with Crippen LogP contribution < -0.4 is 4.72 Å². The first-order chi connectivity index (χ1) is 14.6. The normalized spacial score (nSPS) is 12.5. The van der Waals surface area contributed by atoms with Crippen LogP contribution in [-0.2, 0) is 42.7 Å². The Balaban J connectivity index is 1.73. The number of hydrogen-bond donors (Lipinski definition) is 1. The van der Waals surface area contributed by atoms with Crippen LogP contribution in [0.15, 0.2) is 44.8 Å². The molecule has 1 aromatic carbocycles. The quantitative estimate of drug-likeness (QED) is 0.453. The van der Waals surface area contributed by atoms with Gasteiger partial charge in [0.1, 0.15) is 23.2 Å². The zero-order valence-corrected chi connectivity index (χ0v) is 19.6. The van der Waals surface area contributed by atoms with Gasteiger partial charge in [-0.25, -0.2) is 26.1 Å². The van der Waals surface area contributed by atoms with Crippen LogP contribution in [-0.4, -0.2) is 57.3 Å². The minimum absolute atomic E-state index is 0.108. The van der Waals surface area contributed by atoms with Crippen molar-refractivity contribution in [2.75, 3.05) is 20.6 Å². The lowest BCUT2D eigenvalue weighted by atomic mass is 10.3. The second-order valence-corrected chi connectivity index (χ2v) is 11.7. The molecule has 0 radical (unpaired) electrons. The fourth-order valence-electron chi connectivity index (χ4n) is 2.83. The van der Waals surface area contributed by atoms with Gasteiger partial charge in [-0.05, 0) is 36.6 Å². The van der Waals surface area contributed by atoms with Gasteiger partial charge in [-0.3, -0.25) is 4.79 Å². The SMILES string of the molecule is CCn1c(COC(=O)CNS(=O)(=O)c2cccs2)nc2cc(S(=O)(=O)N(C)C)ccc21. The molecule has 31 heavy (non-hydrogen) atoms. The summed E-state index contributed by atoms with van der Waals surface area (Å²) in [7, 11) is -4.49. The first-order valence-electron chi connectivity index (χ1n) is 9.16. The van der Waals surface area contributed by atoms with Crippen molar-refractivity contribution < 1.29 is 26.4 Å². The lowest BCUT2D eigenvalue weighted by Gasteiger charge is -2.11. The van der Waals surface area contributed by atoms with Gasteiger partial charge in [0, 0.05) is 20.6 Å². The van der Waals surface area contributed by atoms with Gasteiger partial charge in [-0.2, -0.15) is 4.72 Å². The number of hydrogen-bond acceptors (Lipinski definition) is 8. The Labute approximate surface area is 184 Å². The van der Waals surface area contributed by atoms with Gasteiger partial charge in [0.2, 0.25) is 10.0 Å². The highest BCUT2D eigenvalue weighted by molar-refractivity contribution is 7.91. The number of nitrogens with zero attached hydrogens (tertiary/aromatic N) is 3. The Morgan fingerprint density at radius 2 is 1.97 bits per heavy atom. The van der Waals surface area contributed by atoms with Gasteiger partial charge in [0.15, 0.2) is 0 Å². The molecule has 10 nitrogen and oxygen atoms in total. The summed E-state index contributed by atoms with van der Waals surface area (Å²) in [6.07, 6.45) is 0. The van der Waals surface area contributed by atoms with E-state index in [1.165, 1.54) is 32.3 Å². The number of aromatic nitrogens is 2. The van der Waals surface area contributed by atoms with Crippen molar-refractivity contribution in [2.24, 2.45) is 0 Å². The molecule has 0 saturated heterocycles. The monoisotopic (exact) mass is 486 g/mol. The Morgan fingerprint density at radius 3 is 2.58 bits per heavy atom. The Hall–Kier alpha value is -2.32. The van der Waals surface area contributed by atoms with Crippen LogP contribution in [0.1, 0.15) is 12.7 Å². The van der Waals surface area contributed by atoms with E-state index in [1.807, 2.05) is 6.92 Å². The van der Waals surface area contributed by atoms with Crippen molar-refractivity contribution in [3.05, 3.63) is 41.5 Å². The van der Waals surface area contributed by atoms with Crippen molar-refractivity contribution in [1.29, 1.82) is 0 Å². The summed E-state index contributed by atoms with van der Waals surface area (Å²) < 4.78 is 59.3. The highest BCUT2D eigenvalue weighted by atomic mass is 32.2. The number of aryl methyl sites for hydroxylation is 1. The fourth-order valence-corrected chi connectivity index (χ4v) is 5.76. The molecule has 0 fully saturated rings. The molecule has 0 amide bonds. The van der Waals surface area contributed by atoms with Crippen LogP contribution in [0.3, 0.4) is 0 Å². The van der Waals surface area contributed by atoms with Crippen molar-refractivity contribution in [3.63, 3.8) is 0 Å². The summed E-state index contributed by atoms with van der Waals surface area (Å²) >= 11 is 1.04. The van der Waals surface area contributed by atoms with E-state index in [4.69, 9.17) is 4.74 Å². The number of esters is 1. The van der Waals surface area contributed by atoms with Gasteiger partial charge in [-0.15, -0.1) is 11.3 Å². The average molecular weight is 487 g/mol. The molecular formula is C18H22N4O6S3. The molecule has 0 aliphatic rings. The van der Waals surface area contributed by atoms with Crippen LogP contribution in [0.25, 0.3) is 11.0 Å². The van der Waals surface area contributed by atoms with E-state index in [0.29, 0.717) is 23.4 Å². The molecule has 2 heterocycles. The second kappa shape index (κ2) is 9.04. The van der Waals surface area contributed by atoms with Gasteiger partial charge in [-0.1, -0.05) is 6.07 Å². The summed E-state index contributed by atoms with van der Waals surface area (Å²) in [5.41, 5.74) is 1.15. The van der Waals surface area contributed by atoms with Gasteiger partial charge in [0.25, 0.3) is 10.0 Å². The number of benzene rings is 1. The van der Waals surface area contributed by atoms with Gasteiger partial charge >= 0.3 is 5.97 Å². The predicted molar refractivity (Wildman–Crippen MR) is 116 cm³/mol. The highest BCUT2D eigenvalue weighted by Crippen LogP contribution is 2.22. The largest absolute Gasteiger partial charge is 0.457 e. The maximum absolute atomic E-state index is 12.4. The molecule has 0 unspecified atom stereocenters. The Kier molecular flexibility index (Phi) is 6.81. The molecule has 3 aromatic rings. The molecule has 0 atom stereocenters. The van der Waals surface area contributed by atoms with Crippen molar-refractivity contribution in [3.8, 4) is 0 Å². The molecule has 3 rings (SSSR count). The van der Waals surface area contributed by atoms with Crippen molar-refractivity contribution in [2.45, 2.75) is 29.2 Å². The molecule has 0 aliphatic heterocycles. The van der Waals surface area contributed by atoms with E-state index >= 15 is 0 Å². The number of carbonyl (C=O) groups is 1. The van der Waals surface area contributed by atoms with E-state index in [9.17, 15) is 21.6 Å². The van der Waals surface area contributed by atoms with Crippen LogP contribution in [0, 0.1) is 0 Å². The lowest BCUT2D eigenvalue weighted by Crippen LogP contribution is -2.30. The van der Waals surface area contributed by atoms with E-state index in [2.05, 4.69) is 9.71 Å². The van der Waals surface area contributed by atoms with Crippen molar-refractivity contribution in [1.82, 2.24) is 18.6 Å². The number of sulfonamides is 2. The lowest BCUT2D eigenvalue weighted by molar-refractivity contribution is -0.143. The Morgan fingerprint density at radius 1 is 1.23 bits per heavy atom. The van der Waals surface area contributed by atoms with Crippen LogP contribution in [0.2, 0.25) is 0 Å². The van der Waals surface area contributed by atoms with Crippen LogP contribution in [0.4, 0.5) is 0 Å². The number of nitrogens with one attached hydrogen (secondary N) is 1. The fraction of sp³-hybridized carbons (Fsp3) is 0.333. The third-order valence-electron chi connectivity index (χ3n) is 4.42. The first kappa shape index (κ1) is 23.3. The van der Waals surface area contributed by atoms with Crippen LogP contribution >= 0.6 is 11.3 Å². The molecule has 168 valence electrons. The highest BCUT2D eigenvalue weighted by Gasteiger charge is 2.21. The number of ether oxygens (including phenoxy) is 1. The number of rotatable bonds is 9. The summed E-state index contributed by atoms with van der Waals surface area (Å²) in [6.45, 7) is 1.70. The minimum atomic E-state index is -3.77. The summed E-state index contributed by atoms with van der Waals surface area (Å²) in [4.78, 5) is 16.6. The molecule has 0 bridgehead atoms. The van der Waals surface area contributed by atoms with Crippen LogP contribution in [0.5, 0.6) is 0 Å². The second-order valence-electron chi connectivity index (χ2n) is 6.63. The topological polar surface area (TPSA) is 128 Å². The minimum Gasteiger partial charge on any atom is -0.457 e. The average Bonchev–Trinajstić information content (AvgIpc) is 3.38. The maximum Gasteiger partial charge on any atom is 0.321 e. The first-order valence-corrected chi connectivity index (χ1v) is 13.0. The number of fused-ring (bicyclic) bond motifs is 1. The van der Waals surface area contributed by atoms with E-state index in [1.54, 1.807) is 22.1 Å². The molecule has 0 spiro atoms. The summed E-state index contributed by atoms with van der Waals surface area (Å²) in [5, 5.41) is 1.62. The number of thiophene rings is 1. The zero-order chi connectivity index (χ0) is 22.8. The smallest absolute Gasteiger partial charge is 0.321 e. The maximum atomic E-state index is 12.4.